The fourth-order valence-electron chi connectivity index (χ4n) is 1.46. The number of aromatic nitrogens is 2. The Balaban J connectivity index is 1.86. The van der Waals surface area contributed by atoms with Crippen molar-refractivity contribution < 1.29 is 4.74 Å². The predicted molar refractivity (Wildman–Crippen MR) is 52.0 cm³/mol. The Morgan fingerprint density at radius 2 is 2.46 bits per heavy atom. The van der Waals surface area contributed by atoms with Gasteiger partial charge in [-0.2, -0.15) is 0 Å². The van der Waals surface area contributed by atoms with Crippen LogP contribution in [-0.2, 0) is 4.74 Å². The number of nitrogens with one attached hydrogen (secondary N) is 1. The smallest absolute Gasteiger partial charge is 0.205 e. The minimum Gasteiger partial charge on any atom is -0.381 e. The first-order valence-corrected chi connectivity index (χ1v) is 5.43. The van der Waals surface area contributed by atoms with Crippen LogP contribution in [0.1, 0.15) is 19.3 Å². The molecule has 72 valence electrons. The molecule has 13 heavy (non-hydrogen) atoms. The molecular formula is C8H13N3OS. The maximum atomic E-state index is 5.37. The van der Waals surface area contributed by atoms with Crippen molar-refractivity contribution in [3.05, 3.63) is 5.51 Å². The molecule has 0 saturated carbocycles. The fourth-order valence-corrected chi connectivity index (χ4v) is 1.98. The van der Waals surface area contributed by atoms with Gasteiger partial charge >= 0.3 is 0 Å². The average Bonchev–Trinajstić information content (AvgIpc) is 2.49. The molecule has 1 saturated heterocycles. The molecule has 1 aromatic heterocycles. The first-order chi connectivity index (χ1) is 6.45. The van der Waals surface area contributed by atoms with Gasteiger partial charge in [-0.1, -0.05) is 11.3 Å². The Kier molecular flexibility index (Phi) is 3.10. The third kappa shape index (κ3) is 2.63. The summed E-state index contributed by atoms with van der Waals surface area (Å²) in [7, 11) is 0. The fraction of sp³-hybridized carbons (Fsp3) is 0.750. The lowest BCUT2D eigenvalue weighted by atomic mass is 10.1. The molecular weight excluding hydrogens is 186 g/mol. The Morgan fingerprint density at radius 3 is 3.31 bits per heavy atom. The van der Waals surface area contributed by atoms with Gasteiger partial charge in [0, 0.05) is 19.3 Å². The van der Waals surface area contributed by atoms with Crippen molar-refractivity contribution in [3.8, 4) is 0 Å². The number of rotatable bonds is 2. The Hall–Kier alpha value is -0.680. The zero-order valence-electron chi connectivity index (χ0n) is 7.40. The number of ether oxygens (including phenoxy) is 1. The minimum atomic E-state index is 0.510. The van der Waals surface area contributed by atoms with E-state index in [-0.39, 0.29) is 0 Å². The topological polar surface area (TPSA) is 47.0 Å². The summed E-state index contributed by atoms with van der Waals surface area (Å²) in [6.45, 7) is 1.75. The van der Waals surface area contributed by atoms with E-state index in [4.69, 9.17) is 4.74 Å². The van der Waals surface area contributed by atoms with Crippen LogP contribution in [0.5, 0.6) is 0 Å². The summed E-state index contributed by atoms with van der Waals surface area (Å²) < 4.78 is 5.37. The molecule has 1 aliphatic rings. The first kappa shape index (κ1) is 8.90. The molecule has 4 nitrogen and oxygen atoms in total. The van der Waals surface area contributed by atoms with Gasteiger partial charge in [-0.15, -0.1) is 10.2 Å². The van der Waals surface area contributed by atoms with E-state index in [1.165, 1.54) is 6.42 Å². The molecule has 2 rings (SSSR count). The van der Waals surface area contributed by atoms with Crippen LogP contribution in [0, 0.1) is 0 Å². The standard InChI is InChI=1S/C8H13N3OS/c1-2-7(3-5-12-4-1)10-8-11-9-6-13-8/h6-7H,1-5H2,(H,10,11). The molecule has 0 radical (unpaired) electrons. The minimum absolute atomic E-state index is 0.510. The predicted octanol–water partition coefficient (Wildman–Crippen LogP) is 1.52. The van der Waals surface area contributed by atoms with E-state index in [0.29, 0.717) is 6.04 Å². The highest BCUT2D eigenvalue weighted by Gasteiger charge is 2.12. The van der Waals surface area contributed by atoms with Crippen LogP contribution in [0.2, 0.25) is 0 Å². The van der Waals surface area contributed by atoms with Crippen LogP contribution in [0.25, 0.3) is 0 Å². The second-order valence-corrected chi connectivity index (χ2v) is 3.96. The van der Waals surface area contributed by atoms with E-state index in [0.717, 1.165) is 31.2 Å². The van der Waals surface area contributed by atoms with Crippen molar-refractivity contribution in [1.29, 1.82) is 0 Å². The van der Waals surface area contributed by atoms with Crippen LogP contribution in [0.4, 0.5) is 5.13 Å². The van der Waals surface area contributed by atoms with Gasteiger partial charge in [-0.3, -0.25) is 0 Å². The van der Waals surface area contributed by atoms with Crippen molar-refractivity contribution in [2.24, 2.45) is 0 Å². The molecule has 0 bridgehead atoms. The van der Waals surface area contributed by atoms with Crippen LogP contribution in [0.15, 0.2) is 5.51 Å². The molecule has 1 atom stereocenters. The van der Waals surface area contributed by atoms with Crippen LogP contribution >= 0.6 is 11.3 Å². The molecule has 1 N–H and O–H groups in total. The van der Waals surface area contributed by atoms with E-state index in [2.05, 4.69) is 15.5 Å². The lowest BCUT2D eigenvalue weighted by Gasteiger charge is -2.13. The lowest BCUT2D eigenvalue weighted by molar-refractivity contribution is 0.144. The number of hydrogen-bond donors (Lipinski definition) is 1. The highest BCUT2D eigenvalue weighted by atomic mass is 32.1. The highest BCUT2D eigenvalue weighted by molar-refractivity contribution is 7.13. The highest BCUT2D eigenvalue weighted by Crippen LogP contribution is 2.16. The molecule has 5 heteroatoms. The van der Waals surface area contributed by atoms with Gasteiger partial charge < -0.3 is 10.1 Å². The van der Waals surface area contributed by atoms with Crippen molar-refractivity contribution >= 4 is 16.5 Å². The number of hydrogen-bond acceptors (Lipinski definition) is 5. The Bertz CT molecular complexity index is 232. The first-order valence-electron chi connectivity index (χ1n) is 4.55. The summed E-state index contributed by atoms with van der Waals surface area (Å²) >= 11 is 1.55. The lowest BCUT2D eigenvalue weighted by Crippen LogP contribution is -2.19. The maximum absolute atomic E-state index is 5.37. The summed E-state index contributed by atoms with van der Waals surface area (Å²) in [4.78, 5) is 0. The number of anilines is 1. The molecule has 1 fully saturated rings. The summed E-state index contributed by atoms with van der Waals surface area (Å²) in [6.07, 6.45) is 3.37. The second-order valence-electron chi connectivity index (χ2n) is 3.13. The van der Waals surface area contributed by atoms with Crippen LogP contribution in [-0.4, -0.2) is 29.5 Å². The summed E-state index contributed by atoms with van der Waals surface area (Å²) in [5.74, 6) is 0. The van der Waals surface area contributed by atoms with Crippen molar-refractivity contribution in [3.63, 3.8) is 0 Å². The van der Waals surface area contributed by atoms with E-state index in [1.807, 2.05) is 0 Å². The van der Waals surface area contributed by atoms with E-state index < -0.39 is 0 Å². The van der Waals surface area contributed by atoms with E-state index >= 15 is 0 Å². The van der Waals surface area contributed by atoms with E-state index in [9.17, 15) is 0 Å². The van der Waals surface area contributed by atoms with Gasteiger partial charge in [0.05, 0.1) is 0 Å². The van der Waals surface area contributed by atoms with Gasteiger partial charge in [0.15, 0.2) is 0 Å². The summed E-state index contributed by atoms with van der Waals surface area (Å²) in [5, 5.41) is 12.0. The Labute approximate surface area is 81.3 Å². The van der Waals surface area contributed by atoms with Crippen LogP contribution < -0.4 is 5.32 Å². The van der Waals surface area contributed by atoms with Crippen LogP contribution in [0.3, 0.4) is 0 Å². The maximum Gasteiger partial charge on any atom is 0.205 e. The molecule has 1 aromatic rings. The molecule has 1 unspecified atom stereocenters. The van der Waals surface area contributed by atoms with Gasteiger partial charge in [0.25, 0.3) is 0 Å². The number of nitrogens with zero attached hydrogens (tertiary/aromatic N) is 2. The van der Waals surface area contributed by atoms with E-state index in [1.54, 1.807) is 16.8 Å². The third-order valence-corrected chi connectivity index (χ3v) is 2.76. The molecule has 0 aliphatic carbocycles. The molecule has 0 amide bonds. The summed E-state index contributed by atoms with van der Waals surface area (Å²) in [5.41, 5.74) is 1.75. The zero-order valence-corrected chi connectivity index (χ0v) is 8.22. The van der Waals surface area contributed by atoms with Gasteiger partial charge in [0.2, 0.25) is 5.13 Å². The largest absolute Gasteiger partial charge is 0.381 e. The Morgan fingerprint density at radius 1 is 1.46 bits per heavy atom. The molecule has 0 spiro atoms. The van der Waals surface area contributed by atoms with Gasteiger partial charge in [-0.05, 0) is 19.3 Å². The van der Waals surface area contributed by atoms with Gasteiger partial charge in [0.1, 0.15) is 5.51 Å². The normalized spacial score (nSPS) is 23.8. The second kappa shape index (κ2) is 4.53. The SMILES string of the molecule is c1nnc(NC2CCCOCC2)s1. The summed E-state index contributed by atoms with van der Waals surface area (Å²) in [6, 6.07) is 0.510. The van der Waals surface area contributed by atoms with Crippen molar-refractivity contribution in [2.75, 3.05) is 18.5 Å². The van der Waals surface area contributed by atoms with Gasteiger partial charge in [-0.25, -0.2) is 0 Å². The molecule has 2 heterocycles. The third-order valence-electron chi connectivity index (χ3n) is 2.14. The zero-order chi connectivity index (χ0) is 8.93. The molecule has 0 aromatic carbocycles. The quantitative estimate of drug-likeness (QED) is 0.784. The monoisotopic (exact) mass is 199 g/mol. The molecule has 1 aliphatic heterocycles. The average molecular weight is 199 g/mol. The van der Waals surface area contributed by atoms with Crippen molar-refractivity contribution in [1.82, 2.24) is 10.2 Å². The van der Waals surface area contributed by atoms with Crippen molar-refractivity contribution in [2.45, 2.75) is 25.3 Å².